The Morgan fingerprint density at radius 3 is 2.60 bits per heavy atom. The van der Waals surface area contributed by atoms with Crippen LogP contribution in [0.1, 0.15) is 43.0 Å². The van der Waals surface area contributed by atoms with E-state index < -0.39 is 11.6 Å². The molecule has 3 aromatic carbocycles. The molecule has 0 atom stereocenters. The van der Waals surface area contributed by atoms with Gasteiger partial charge in [0.2, 0.25) is 0 Å². The lowest BCUT2D eigenvalue weighted by atomic mass is 9.86. The van der Waals surface area contributed by atoms with Gasteiger partial charge in [-0.2, -0.15) is 5.26 Å². The number of aryl methyl sites for hydroxylation is 1. The summed E-state index contributed by atoms with van der Waals surface area (Å²) >= 11 is 0. The molecule has 178 valence electrons. The van der Waals surface area contributed by atoms with Crippen LogP contribution in [0.4, 0.5) is 0 Å². The van der Waals surface area contributed by atoms with Crippen LogP contribution in [0.15, 0.2) is 48.7 Å². The Balaban J connectivity index is 0.000000527. The molecule has 2 N–H and O–H groups in total. The molecule has 0 spiro atoms. The van der Waals surface area contributed by atoms with Gasteiger partial charge in [-0.3, -0.25) is 9.78 Å². The van der Waals surface area contributed by atoms with Crippen LogP contribution in [0.3, 0.4) is 0 Å². The number of ether oxygens (including phenoxy) is 1. The summed E-state index contributed by atoms with van der Waals surface area (Å²) in [5.41, 5.74) is 5.46. The largest absolute Gasteiger partial charge is 0.493 e. The van der Waals surface area contributed by atoms with Crippen molar-refractivity contribution in [2.75, 3.05) is 6.61 Å². The van der Waals surface area contributed by atoms with Crippen LogP contribution in [-0.4, -0.2) is 33.4 Å². The molecule has 35 heavy (non-hydrogen) atoms. The van der Waals surface area contributed by atoms with Crippen LogP contribution in [0.25, 0.3) is 32.8 Å². The summed E-state index contributed by atoms with van der Waals surface area (Å²) in [6.45, 7) is 7.79. The van der Waals surface area contributed by atoms with Crippen LogP contribution in [0, 0.1) is 18.3 Å². The van der Waals surface area contributed by atoms with E-state index >= 15 is 0 Å². The van der Waals surface area contributed by atoms with Crippen molar-refractivity contribution >= 4 is 27.6 Å². The maximum Gasteiger partial charge on any atom is 0.307 e. The number of hydrogen-bond donors (Lipinski definition) is 2. The number of carboxylic acid groups (broad SMARTS) is 1. The topological polar surface area (TPSA) is 103 Å². The number of carboxylic acids is 1. The fraction of sp³-hybridized carbons (Fsp3) is 0.276. The van der Waals surface area contributed by atoms with Gasteiger partial charge in [-0.25, -0.2) is 0 Å². The predicted molar refractivity (Wildman–Crippen MR) is 137 cm³/mol. The lowest BCUT2D eigenvalue weighted by Crippen LogP contribution is -2.10. The quantitative estimate of drug-likeness (QED) is 0.407. The first-order valence-corrected chi connectivity index (χ1v) is 11.5. The second-order valence-corrected chi connectivity index (χ2v) is 9.74. The number of fused-ring (bicyclic) bond motifs is 1. The van der Waals surface area contributed by atoms with Crippen LogP contribution in [0.5, 0.6) is 5.75 Å². The highest BCUT2D eigenvalue weighted by molar-refractivity contribution is 6.08. The van der Waals surface area contributed by atoms with Gasteiger partial charge >= 0.3 is 5.97 Å². The minimum atomic E-state index is -0.883. The molecule has 1 aliphatic rings. The zero-order valence-electron chi connectivity index (χ0n) is 20.3. The second kappa shape index (κ2) is 9.36. The summed E-state index contributed by atoms with van der Waals surface area (Å²) in [6.07, 6.45) is 2.53. The van der Waals surface area contributed by atoms with Crippen molar-refractivity contribution in [1.29, 1.82) is 5.26 Å². The Morgan fingerprint density at radius 1 is 1.17 bits per heavy atom. The number of aliphatic hydroxyl groups is 1. The highest BCUT2D eigenvalue weighted by Gasteiger charge is 2.22. The molecule has 0 amide bonds. The molecule has 0 saturated heterocycles. The van der Waals surface area contributed by atoms with E-state index in [1.54, 1.807) is 33.0 Å². The van der Waals surface area contributed by atoms with E-state index in [2.05, 4.69) is 11.1 Å². The number of aliphatic carboxylic acids is 1. The van der Waals surface area contributed by atoms with Crippen molar-refractivity contribution in [1.82, 2.24) is 4.98 Å². The first kappa shape index (κ1) is 24.2. The highest BCUT2D eigenvalue weighted by Crippen LogP contribution is 2.42. The van der Waals surface area contributed by atoms with E-state index in [1.807, 2.05) is 43.3 Å². The van der Waals surface area contributed by atoms with E-state index in [0.717, 1.165) is 56.1 Å². The summed E-state index contributed by atoms with van der Waals surface area (Å²) in [6, 6.07) is 15.6. The Hall–Kier alpha value is -3.95. The Labute approximate surface area is 204 Å². The third-order valence-corrected chi connectivity index (χ3v) is 5.77. The number of carbonyl (C=O) groups is 1. The number of nitrogens with zero attached hydrogens (tertiary/aromatic N) is 2. The highest BCUT2D eigenvalue weighted by atomic mass is 16.5. The molecule has 0 unspecified atom stereocenters. The number of benzene rings is 3. The van der Waals surface area contributed by atoms with Crippen LogP contribution < -0.4 is 4.74 Å². The lowest BCUT2D eigenvalue weighted by Gasteiger charge is -2.21. The van der Waals surface area contributed by atoms with Gasteiger partial charge in [0, 0.05) is 23.6 Å². The first-order chi connectivity index (χ1) is 16.6. The van der Waals surface area contributed by atoms with Crippen molar-refractivity contribution in [3.05, 3.63) is 70.9 Å². The van der Waals surface area contributed by atoms with Gasteiger partial charge in [0.15, 0.2) is 0 Å². The van der Waals surface area contributed by atoms with Crippen LogP contribution >= 0.6 is 0 Å². The number of rotatable bonds is 3. The normalized spacial score (nSPS) is 12.5. The molecule has 5 rings (SSSR count). The molecule has 6 heteroatoms. The average molecular weight is 469 g/mol. The van der Waals surface area contributed by atoms with E-state index in [0.29, 0.717) is 12.2 Å². The van der Waals surface area contributed by atoms with Crippen molar-refractivity contribution in [2.45, 2.75) is 46.1 Å². The minimum absolute atomic E-state index is 0.0868. The standard InChI is InChI=1S/C25H18N2O3.C4H10O/c1-14-10-17-11-15(13-26)2-3-18(17)24(20(14)12-22(28)29)19-4-5-21-23-16(7-9-30-21)6-8-27-25(19)23;1-4(2,3)5/h2-6,8,10-11H,7,9,12H2,1H3,(H,28,29);5H,1-3H3. The first-order valence-electron chi connectivity index (χ1n) is 11.5. The summed E-state index contributed by atoms with van der Waals surface area (Å²) < 4.78 is 5.85. The van der Waals surface area contributed by atoms with E-state index in [1.165, 1.54) is 5.56 Å². The zero-order chi connectivity index (χ0) is 25.3. The maximum absolute atomic E-state index is 11.7. The third kappa shape index (κ3) is 5.11. The molecule has 0 radical (unpaired) electrons. The fourth-order valence-electron chi connectivity index (χ4n) is 4.45. The molecule has 1 aromatic heterocycles. The third-order valence-electron chi connectivity index (χ3n) is 5.77. The Kier molecular flexibility index (Phi) is 6.47. The van der Waals surface area contributed by atoms with Crippen molar-refractivity contribution < 1.29 is 19.7 Å². The summed E-state index contributed by atoms with van der Waals surface area (Å²) in [7, 11) is 0. The van der Waals surface area contributed by atoms with Gasteiger partial charge in [0.25, 0.3) is 0 Å². The Morgan fingerprint density at radius 2 is 1.91 bits per heavy atom. The smallest absolute Gasteiger partial charge is 0.307 e. The van der Waals surface area contributed by atoms with Gasteiger partial charge in [0.05, 0.1) is 35.8 Å². The molecule has 0 saturated carbocycles. The van der Waals surface area contributed by atoms with Crippen LogP contribution in [-0.2, 0) is 17.6 Å². The molecular formula is C29H28N2O4. The van der Waals surface area contributed by atoms with Gasteiger partial charge in [-0.05, 0) is 91.1 Å². The predicted octanol–water partition coefficient (Wildman–Crippen LogP) is 5.57. The second-order valence-electron chi connectivity index (χ2n) is 9.74. The summed E-state index contributed by atoms with van der Waals surface area (Å²) in [5.74, 6) is -0.0713. The molecular weight excluding hydrogens is 440 g/mol. The monoisotopic (exact) mass is 468 g/mol. The van der Waals surface area contributed by atoms with Crippen molar-refractivity contribution in [3.8, 4) is 22.9 Å². The number of pyridine rings is 1. The maximum atomic E-state index is 11.7. The number of aromatic nitrogens is 1. The molecule has 0 fully saturated rings. The Bertz CT molecular complexity index is 1480. The number of nitriles is 1. The van der Waals surface area contributed by atoms with Gasteiger partial charge in [-0.1, -0.05) is 12.1 Å². The SMILES string of the molecule is CC(C)(C)O.Cc1cc2cc(C#N)ccc2c(-c2ccc3c4c(ccnc24)CCO3)c1CC(=O)O. The fourth-order valence-corrected chi connectivity index (χ4v) is 4.45. The summed E-state index contributed by atoms with van der Waals surface area (Å²) in [4.78, 5) is 16.4. The van der Waals surface area contributed by atoms with Gasteiger partial charge in [0.1, 0.15) is 5.75 Å². The van der Waals surface area contributed by atoms with E-state index in [4.69, 9.17) is 9.84 Å². The molecule has 6 nitrogen and oxygen atoms in total. The molecule has 0 aliphatic carbocycles. The van der Waals surface area contributed by atoms with E-state index in [-0.39, 0.29) is 6.42 Å². The molecule has 0 bridgehead atoms. The van der Waals surface area contributed by atoms with Gasteiger partial charge in [-0.15, -0.1) is 0 Å². The van der Waals surface area contributed by atoms with Gasteiger partial charge < -0.3 is 14.9 Å². The number of hydrogen-bond acceptors (Lipinski definition) is 5. The molecule has 2 heterocycles. The molecule has 1 aliphatic heterocycles. The van der Waals surface area contributed by atoms with Crippen molar-refractivity contribution in [3.63, 3.8) is 0 Å². The lowest BCUT2D eigenvalue weighted by molar-refractivity contribution is -0.136. The van der Waals surface area contributed by atoms with Crippen molar-refractivity contribution in [2.24, 2.45) is 0 Å². The minimum Gasteiger partial charge on any atom is -0.493 e. The summed E-state index contributed by atoms with van der Waals surface area (Å²) in [5, 5.41) is 30.2. The zero-order valence-corrected chi connectivity index (χ0v) is 20.3. The molecule has 4 aromatic rings. The average Bonchev–Trinajstić information content (AvgIpc) is 2.79. The van der Waals surface area contributed by atoms with E-state index in [9.17, 15) is 15.2 Å². The van der Waals surface area contributed by atoms with Crippen LogP contribution in [0.2, 0.25) is 0 Å².